The molecule has 8 rings (SSSR count). The average molecular weight is 515 g/mol. The number of nitrogens with zero attached hydrogens (tertiary/aromatic N) is 10. The van der Waals surface area contributed by atoms with Crippen LogP contribution in [0.3, 0.4) is 0 Å². The molecule has 4 aromatic heterocycles. The number of nitrogen functional groups attached to an aromatic ring is 1. The van der Waals surface area contributed by atoms with Crippen molar-refractivity contribution in [3.05, 3.63) is 84.1 Å². The summed E-state index contributed by atoms with van der Waals surface area (Å²) in [6.07, 6.45) is 13.6. The predicted octanol–water partition coefficient (Wildman–Crippen LogP) is 4.39. The number of hydrogen-bond donors (Lipinski definition) is 1. The molecule has 11 nitrogen and oxygen atoms in total. The normalized spacial score (nSPS) is 19.2. The van der Waals surface area contributed by atoms with E-state index in [-0.39, 0.29) is 5.92 Å². The minimum absolute atomic E-state index is 0.284. The molecule has 3 aliphatic rings. The Morgan fingerprint density at radius 1 is 0.974 bits per heavy atom. The van der Waals surface area contributed by atoms with E-state index < -0.39 is 0 Å². The summed E-state index contributed by atoms with van der Waals surface area (Å²) in [5, 5.41) is 17.2. The van der Waals surface area contributed by atoms with E-state index in [1.807, 2.05) is 33.5 Å². The van der Waals surface area contributed by atoms with E-state index >= 15 is 0 Å². The molecule has 5 aromatic rings. The van der Waals surface area contributed by atoms with Gasteiger partial charge in [-0.15, -0.1) is 9.48 Å². The Balaban J connectivity index is 1.24. The van der Waals surface area contributed by atoms with E-state index in [2.05, 4.69) is 56.1 Å². The number of imidazole rings is 1. The maximum absolute atomic E-state index is 6.31. The number of hydrogen-bond acceptors (Lipinski definition) is 8. The number of aromatic nitrogens is 7. The van der Waals surface area contributed by atoms with Gasteiger partial charge in [-0.05, 0) is 73.2 Å². The molecule has 0 amide bonds. The van der Waals surface area contributed by atoms with Gasteiger partial charge in [0.25, 0.3) is 0 Å². The van der Waals surface area contributed by atoms with Gasteiger partial charge in [-0.25, -0.2) is 15.0 Å². The van der Waals surface area contributed by atoms with E-state index in [0.717, 1.165) is 35.3 Å². The highest BCUT2D eigenvalue weighted by Crippen LogP contribution is 2.39. The third-order valence-electron chi connectivity index (χ3n) is 7.56. The van der Waals surface area contributed by atoms with Gasteiger partial charge in [-0.2, -0.15) is 10.2 Å². The van der Waals surface area contributed by atoms with Gasteiger partial charge in [0.05, 0.1) is 23.1 Å². The van der Waals surface area contributed by atoms with Crippen LogP contribution >= 0.6 is 0 Å². The van der Waals surface area contributed by atoms with Gasteiger partial charge in [0.15, 0.2) is 23.5 Å². The maximum Gasteiger partial charge on any atom is 0.224 e. The van der Waals surface area contributed by atoms with Gasteiger partial charge >= 0.3 is 0 Å². The Morgan fingerprint density at radius 3 is 2.72 bits per heavy atom. The first-order valence-corrected chi connectivity index (χ1v) is 13.1. The van der Waals surface area contributed by atoms with Crippen molar-refractivity contribution in [2.45, 2.75) is 31.6 Å². The second-order valence-electron chi connectivity index (χ2n) is 10.1. The topological polar surface area (TPSA) is 128 Å². The van der Waals surface area contributed by atoms with Crippen molar-refractivity contribution in [1.29, 1.82) is 0 Å². The Morgan fingerprint density at radius 2 is 1.87 bits per heavy atom. The quantitative estimate of drug-likeness (QED) is 0.347. The van der Waals surface area contributed by atoms with E-state index in [9.17, 15) is 0 Å². The summed E-state index contributed by atoms with van der Waals surface area (Å²) in [4.78, 5) is 15.6. The Bertz CT molecular complexity index is 1840. The van der Waals surface area contributed by atoms with Gasteiger partial charge in [0.2, 0.25) is 5.70 Å². The molecule has 1 atom stereocenters. The lowest BCUT2D eigenvalue weighted by atomic mass is 10.0. The van der Waals surface area contributed by atoms with Crippen molar-refractivity contribution in [3.8, 4) is 22.9 Å². The molecule has 11 heteroatoms. The minimum atomic E-state index is 0.284. The number of pyridine rings is 2. The standard InChI is InChI=1S/C28H24N11/c29-26-22(2-1-11-30-26)27-33-23-9-10-25(39-31-12-13-32-39)34-28(23)38(27)20-7-8-21-18(14-20)5-6-19(21)15-37-16-24(35-36-37)17-3-4-17/h1-2,7-17,19H,3-6H2,(H2,29,30)/q+1/b37-15+. The highest BCUT2D eigenvalue weighted by atomic mass is 15.5. The molecule has 1 aliphatic heterocycles. The maximum atomic E-state index is 6.31. The molecule has 190 valence electrons. The molecule has 1 unspecified atom stereocenters. The van der Waals surface area contributed by atoms with Crippen LogP contribution < -0.4 is 5.73 Å². The van der Waals surface area contributed by atoms with E-state index in [4.69, 9.17) is 15.7 Å². The van der Waals surface area contributed by atoms with Crippen LogP contribution in [0.2, 0.25) is 0 Å². The second kappa shape index (κ2) is 8.48. The molecular formula is C28H24N11+. The van der Waals surface area contributed by atoms with E-state index in [0.29, 0.717) is 29.0 Å². The Hall–Kier alpha value is -5.06. The molecule has 1 fully saturated rings. The van der Waals surface area contributed by atoms with Gasteiger partial charge in [0, 0.05) is 23.7 Å². The highest BCUT2D eigenvalue weighted by molar-refractivity contribution is 5.83. The molecule has 0 saturated heterocycles. The van der Waals surface area contributed by atoms with Gasteiger partial charge in [-0.3, -0.25) is 4.57 Å². The highest BCUT2D eigenvalue weighted by Gasteiger charge is 2.35. The number of benzene rings is 1. The zero-order valence-electron chi connectivity index (χ0n) is 21.0. The number of fused-ring (bicyclic) bond motifs is 2. The fourth-order valence-electron chi connectivity index (χ4n) is 5.47. The largest absolute Gasteiger partial charge is 0.383 e. The third-order valence-corrected chi connectivity index (χ3v) is 7.56. The van der Waals surface area contributed by atoms with Crippen LogP contribution in [-0.4, -0.2) is 45.4 Å². The van der Waals surface area contributed by atoms with Crippen LogP contribution in [0.4, 0.5) is 5.82 Å². The van der Waals surface area contributed by atoms with Crippen molar-refractivity contribution in [3.63, 3.8) is 0 Å². The van der Waals surface area contributed by atoms with Crippen molar-refractivity contribution in [2.75, 3.05) is 5.73 Å². The van der Waals surface area contributed by atoms with E-state index in [1.54, 1.807) is 18.6 Å². The van der Waals surface area contributed by atoms with Crippen molar-refractivity contribution in [2.24, 2.45) is 16.3 Å². The summed E-state index contributed by atoms with van der Waals surface area (Å²) in [6.45, 7) is 0. The number of allylic oxidation sites excluding steroid dienone is 1. The smallest absolute Gasteiger partial charge is 0.224 e. The molecular weight excluding hydrogens is 490 g/mol. The zero-order chi connectivity index (χ0) is 25.9. The third kappa shape index (κ3) is 3.73. The first-order chi connectivity index (χ1) is 19.2. The van der Waals surface area contributed by atoms with Crippen LogP contribution in [-0.2, 0) is 6.42 Å². The van der Waals surface area contributed by atoms with Crippen LogP contribution in [0, 0.1) is 5.92 Å². The number of nitrogens with two attached hydrogens (primary N) is 1. The second-order valence-corrected chi connectivity index (χ2v) is 10.1. The lowest BCUT2D eigenvalue weighted by molar-refractivity contribution is -0.461. The van der Waals surface area contributed by atoms with Crippen LogP contribution in [0.1, 0.15) is 36.3 Å². The van der Waals surface area contributed by atoms with Gasteiger partial charge in [0.1, 0.15) is 22.8 Å². The van der Waals surface area contributed by atoms with Crippen LogP contribution in [0.15, 0.2) is 83.3 Å². The first-order valence-electron chi connectivity index (χ1n) is 13.1. The fourth-order valence-corrected chi connectivity index (χ4v) is 5.47. The lowest BCUT2D eigenvalue weighted by Gasteiger charge is -2.13. The van der Waals surface area contributed by atoms with Crippen LogP contribution in [0.25, 0.3) is 34.1 Å². The fraction of sp³-hybridized carbons (Fsp3) is 0.214. The monoisotopic (exact) mass is 514 g/mol. The minimum Gasteiger partial charge on any atom is -0.383 e. The Kier molecular flexibility index (Phi) is 4.78. The van der Waals surface area contributed by atoms with Crippen molar-refractivity contribution < 1.29 is 4.68 Å². The molecule has 2 N–H and O–H groups in total. The average Bonchev–Trinajstić information content (AvgIpc) is 3.35. The molecule has 39 heavy (non-hydrogen) atoms. The molecule has 0 spiro atoms. The van der Waals surface area contributed by atoms with Crippen molar-refractivity contribution >= 4 is 23.2 Å². The summed E-state index contributed by atoms with van der Waals surface area (Å²) < 4.78 is 3.94. The lowest BCUT2D eigenvalue weighted by Crippen LogP contribution is -2.06. The molecule has 1 saturated carbocycles. The molecule has 5 heterocycles. The predicted molar refractivity (Wildman–Crippen MR) is 144 cm³/mol. The van der Waals surface area contributed by atoms with E-state index in [1.165, 1.54) is 28.8 Å². The van der Waals surface area contributed by atoms with Gasteiger partial charge in [-0.1, -0.05) is 6.07 Å². The summed E-state index contributed by atoms with van der Waals surface area (Å²) in [5.41, 5.74) is 13.2. The molecule has 0 radical (unpaired) electrons. The molecule has 2 aliphatic carbocycles. The number of rotatable bonds is 5. The van der Waals surface area contributed by atoms with Gasteiger partial charge < -0.3 is 5.73 Å². The summed E-state index contributed by atoms with van der Waals surface area (Å²) >= 11 is 0. The first kappa shape index (κ1) is 22.0. The SMILES string of the molecule is Nc1ncccc1-c1nc2ccc(-n3nccn3)nc2n1-c1ccc2c(c1)CCC2/C=[N+]1\C=C(C2CC2)N=N1. The molecule has 1 aromatic carbocycles. The number of anilines is 1. The van der Waals surface area contributed by atoms with Crippen molar-refractivity contribution in [1.82, 2.24) is 34.5 Å². The van der Waals surface area contributed by atoms with Crippen LogP contribution in [0.5, 0.6) is 0 Å². The number of aryl methyl sites for hydroxylation is 1. The summed E-state index contributed by atoms with van der Waals surface area (Å²) in [5.74, 6) is 2.58. The summed E-state index contributed by atoms with van der Waals surface area (Å²) in [7, 11) is 0. The zero-order valence-corrected chi connectivity index (χ0v) is 21.0. The Labute approximate surface area is 223 Å². The summed E-state index contributed by atoms with van der Waals surface area (Å²) in [6, 6.07) is 14.2. The molecule has 0 bridgehead atoms.